The number of carbonyl (C=O) groups excluding carboxylic acids is 1. The van der Waals surface area contributed by atoms with Gasteiger partial charge in [-0.15, -0.1) is 11.3 Å². The second-order valence-electron chi connectivity index (χ2n) is 6.97. The third-order valence-electron chi connectivity index (χ3n) is 4.78. The van der Waals surface area contributed by atoms with Gasteiger partial charge in [0.2, 0.25) is 0 Å². The van der Waals surface area contributed by atoms with Crippen LogP contribution in [-0.2, 0) is 6.54 Å². The molecule has 4 nitrogen and oxygen atoms in total. The number of hydrogen-bond acceptors (Lipinski definition) is 4. The molecule has 29 heavy (non-hydrogen) atoms. The number of nitrogens with zero attached hydrogens (tertiary/aromatic N) is 1. The zero-order valence-corrected chi connectivity index (χ0v) is 17.2. The van der Waals surface area contributed by atoms with E-state index in [-0.39, 0.29) is 17.8 Å². The summed E-state index contributed by atoms with van der Waals surface area (Å²) in [4.78, 5) is 15.1. The summed E-state index contributed by atoms with van der Waals surface area (Å²) in [5.74, 6) is 0.229. The van der Waals surface area contributed by atoms with Crippen molar-refractivity contribution in [2.75, 3.05) is 18.4 Å². The fourth-order valence-corrected chi connectivity index (χ4v) is 4.18. The predicted octanol–water partition coefficient (Wildman–Crippen LogP) is 5.45. The van der Waals surface area contributed by atoms with Crippen LogP contribution >= 0.6 is 22.9 Å². The number of likely N-dealkylation sites (tertiary alicyclic amines) is 1. The summed E-state index contributed by atoms with van der Waals surface area (Å²) in [5.41, 5.74) is 1.71. The van der Waals surface area contributed by atoms with Crippen LogP contribution in [0.4, 0.5) is 10.1 Å². The summed E-state index contributed by atoms with van der Waals surface area (Å²) in [7, 11) is 0. The van der Waals surface area contributed by atoms with E-state index in [1.165, 1.54) is 23.5 Å². The zero-order chi connectivity index (χ0) is 20.2. The fraction of sp³-hybridized carbons (Fsp3) is 0.227. The largest absolute Gasteiger partial charge is 0.487 e. The lowest BCUT2D eigenvalue weighted by atomic mass is 10.2. The van der Waals surface area contributed by atoms with Crippen LogP contribution in [0.15, 0.2) is 60.0 Å². The number of anilines is 1. The highest BCUT2D eigenvalue weighted by atomic mass is 35.5. The second kappa shape index (κ2) is 8.95. The van der Waals surface area contributed by atoms with Crippen molar-refractivity contribution in [1.82, 2.24) is 4.90 Å². The molecule has 7 heteroatoms. The van der Waals surface area contributed by atoms with Crippen LogP contribution in [0, 0.1) is 5.82 Å². The number of amides is 1. The summed E-state index contributed by atoms with van der Waals surface area (Å²) in [6, 6.07) is 15.5. The quantitative estimate of drug-likeness (QED) is 0.565. The van der Waals surface area contributed by atoms with E-state index in [9.17, 15) is 9.18 Å². The van der Waals surface area contributed by atoms with Crippen molar-refractivity contribution >= 4 is 34.5 Å². The van der Waals surface area contributed by atoms with Crippen molar-refractivity contribution in [2.24, 2.45) is 0 Å². The van der Waals surface area contributed by atoms with Gasteiger partial charge in [-0.2, -0.15) is 0 Å². The molecule has 1 aromatic heterocycles. The average Bonchev–Trinajstić information content (AvgIpc) is 3.38. The van der Waals surface area contributed by atoms with E-state index in [0.717, 1.165) is 31.6 Å². The SMILES string of the molecule is O=C(Nc1ccc(OC2CCN(Cc3ccc(F)cc3)C2)c(Cl)c1)c1cccs1. The Bertz CT molecular complexity index is 979. The van der Waals surface area contributed by atoms with Gasteiger partial charge in [-0.25, -0.2) is 4.39 Å². The van der Waals surface area contributed by atoms with E-state index in [1.807, 2.05) is 23.6 Å². The molecule has 0 spiro atoms. The molecule has 1 N–H and O–H groups in total. The lowest BCUT2D eigenvalue weighted by molar-refractivity contribution is 0.103. The van der Waals surface area contributed by atoms with Crippen molar-refractivity contribution in [3.05, 3.63) is 81.3 Å². The maximum absolute atomic E-state index is 13.0. The number of hydrogen-bond donors (Lipinski definition) is 1. The molecule has 4 rings (SSSR count). The van der Waals surface area contributed by atoms with Crippen LogP contribution in [-0.4, -0.2) is 30.0 Å². The molecule has 1 amide bonds. The molecule has 1 atom stereocenters. The van der Waals surface area contributed by atoms with Gasteiger partial charge in [0.1, 0.15) is 17.7 Å². The first-order valence-electron chi connectivity index (χ1n) is 9.35. The Hall–Kier alpha value is -2.41. The Morgan fingerprint density at radius 1 is 1.24 bits per heavy atom. The van der Waals surface area contributed by atoms with Crippen molar-refractivity contribution in [3.8, 4) is 5.75 Å². The number of nitrogens with one attached hydrogen (secondary N) is 1. The summed E-state index contributed by atoms with van der Waals surface area (Å²) in [6.07, 6.45) is 0.938. The molecule has 0 aliphatic carbocycles. The van der Waals surface area contributed by atoms with Gasteiger partial charge >= 0.3 is 0 Å². The van der Waals surface area contributed by atoms with Gasteiger partial charge in [-0.3, -0.25) is 9.69 Å². The molecule has 1 aliphatic rings. The van der Waals surface area contributed by atoms with Crippen LogP contribution < -0.4 is 10.1 Å². The first-order chi connectivity index (χ1) is 14.1. The minimum atomic E-state index is -0.221. The standard InChI is InChI=1S/C22H20ClFN2O2S/c23-19-12-17(25-22(27)21-2-1-11-29-21)7-8-20(19)28-18-9-10-26(14-18)13-15-3-5-16(24)6-4-15/h1-8,11-12,18H,9-10,13-14H2,(H,25,27). The molecule has 1 fully saturated rings. The topological polar surface area (TPSA) is 41.6 Å². The van der Waals surface area contributed by atoms with E-state index in [1.54, 1.807) is 24.3 Å². The average molecular weight is 431 g/mol. The smallest absolute Gasteiger partial charge is 0.265 e. The monoisotopic (exact) mass is 430 g/mol. The van der Waals surface area contributed by atoms with E-state index in [0.29, 0.717) is 21.3 Å². The highest BCUT2D eigenvalue weighted by molar-refractivity contribution is 7.12. The lowest BCUT2D eigenvalue weighted by Crippen LogP contribution is -2.24. The van der Waals surface area contributed by atoms with E-state index >= 15 is 0 Å². The molecule has 150 valence electrons. The lowest BCUT2D eigenvalue weighted by Gasteiger charge is -2.18. The molecular formula is C22H20ClFN2O2S. The Kier molecular flexibility index (Phi) is 6.13. The number of rotatable bonds is 6. The summed E-state index contributed by atoms with van der Waals surface area (Å²) in [5, 5.41) is 5.17. The molecule has 0 bridgehead atoms. The van der Waals surface area contributed by atoms with E-state index in [2.05, 4.69) is 10.2 Å². The molecule has 1 saturated heterocycles. The predicted molar refractivity (Wildman–Crippen MR) is 114 cm³/mol. The maximum Gasteiger partial charge on any atom is 0.265 e. The third-order valence-corrected chi connectivity index (χ3v) is 5.94. The summed E-state index contributed by atoms with van der Waals surface area (Å²) >= 11 is 7.76. The van der Waals surface area contributed by atoms with E-state index in [4.69, 9.17) is 16.3 Å². The number of benzene rings is 2. The van der Waals surface area contributed by atoms with Gasteiger partial charge < -0.3 is 10.1 Å². The molecule has 1 unspecified atom stereocenters. The van der Waals surface area contributed by atoms with Gasteiger partial charge in [0, 0.05) is 25.3 Å². The zero-order valence-electron chi connectivity index (χ0n) is 15.6. The summed E-state index contributed by atoms with van der Waals surface area (Å²) < 4.78 is 19.1. The molecule has 2 heterocycles. The number of ether oxygens (including phenoxy) is 1. The maximum atomic E-state index is 13.0. The third kappa shape index (κ3) is 5.15. The highest BCUT2D eigenvalue weighted by Crippen LogP contribution is 2.30. The first-order valence-corrected chi connectivity index (χ1v) is 10.6. The molecule has 1 aliphatic heterocycles. The number of thiophene rings is 1. The molecule has 0 radical (unpaired) electrons. The van der Waals surface area contributed by atoms with Gasteiger partial charge in [-0.1, -0.05) is 29.8 Å². The van der Waals surface area contributed by atoms with Crippen LogP contribution in [0.3, 0.4) is 0 Å². The summed E-state index contributed by atoms with van der Waals surface area (Å²) in [6.45, 7) is 2.46. The normalized spacial score (nSPS) is 16.7. The molecule has 3 aromatic rings. The molecule has 2 aromatic carbocycles. The first kappa shape index (κ1) is 19.9. The Balaban J connectivity index is 1.32. The minimum absolute atomic E-state index is 0.0412. The van der Waals surface area contributed by atoms with Gasteiger partial charge in [0.25, 0.3) is 5.91 Å². The van der Waals surface area contributed by atoms with Crippen LogP contribution in [0.5, 0.6) is 5.75 Å². The van der Waals surface area contributed by atoms with Gasteiger partial charge in [0.15, 0.2) is 0 Å². The van der Waals surface area contributed by atoms with Gasteiger partial charge in [0.05, 0.1) is 9.90 Å². The van der Waals surface area contributed by atoms with Crippen molar-refractivity contribution < 1.29 is 13.9 Å². The van der Waals surface area contributed by atoms with Crippen molar-refractivity contribution in [2.45, 2.75) is 19.1 Å². The van der Waals surface area contributed by atoms with Crippen LogP contribution in [0.2, 0.25) is 5.02 Å². The molecular weight excluding hydrogens is 411 g/mol. The van der Waals surface area contributed by atoms with Crippen molar-refractivity contribution in [1.29, 1.82) is 0 Å². The Morgan fingerprint density at radius 3 is 2.79 bits per heavy atom. The van der Waals surface area contributed by atoms with E-state index < -0.39 is 0 Å². The van der Waals surface area contributed by atoms with Crippen LogP contribution in [0.25, 0.3) is 0 Å². The number of halogens is 2. The molecule has 0 saturated carbocycles. The van der Waals surface area contributed by atoms with Crippen molar-refractivity contribution in [3.63, 3.8) is 0 Å². The Labute approximate surface area is 177 Å². The minimum Gasteiger partial charge on any atom is -0.487 e. The fourth-order valence-electron chi connectivity index (χ4n) is 3.34. The second-order valence-corrected chi connectivity index (χ2v) is 8.32. The Morgan fingerprint density at radius 2 is 2.07 bits per heavy atom. The van der Waals surface area contributed by atoms with Gasteiger partial charge in [-0.05, 0) is 53.8 Å². The highest BCUT2D eigenvalue weighted by Gasteiger charge is 2.24. The van der Waals surface area contributed by atoms with Crippen LogP contribution in [0.1, 0.15) is 21.7 Å². The number of carbonyl (C=O) groups is 1.